The maximum absolute atomic E-state index is 11.0. The van der Waals surface area contributed by atoms with Crippen LogP contribution < -0.4 is 10.1 Å². The summed E-state index contributed by atoms with van der Waals surface area (Å²) in [5, 5.41) is 14.5. The van der Waals surface area contributed by atoms with Crippen LogP contribution in [0.15, 0.2) is 18.3 Å². The second kappa shape index (κ2) is 6.39. The predicted molar refractivity (Wildman–Crippen MR) is 80.4 cm³/mol. The highest BCUT2D eigenvalue weighted by molar-refractivity contribution is 5.39. The molecular formula is C15H23N3O3. The topological polar surface area (TPSA) is 77.3 Å². The van der Waals surface area contributed by atoms with E-state index in [1.807, 2.05) is 0 Å². The fourth-order valence-corrected chi connectivity index (χ4v) is 2.87. The molecule has 116 valence electrons. The van der Waals surface area contributed by atoms with Crippen molar-refractivity contribution < 1.29 is 9.66 Å². The first-order valence-electron chi connectivity index (χ1n) is 7.52. The normalized spacial score (nSPS) is 28.0. The molecule has 0 bridgehead atoms. The molecule has 0 aliphatic heterocycles. The van der Waals surface area contributed by atoms with E-state index >= 15 is 0 Å². The molecule has 1 heterocycles. The van der Waals surface area contributed by atoms with Gasteiger partial charge in [0.2, 0.25) is 5.75 Å². The van der Waals surface area contributed by atoms with Gasteiger partial charge in [0.25, 0.3) is 0 Å². The van der Waals surface area contributed by atoms with Crippen LogP contribution in [-0.2, 0) is 0 Å². The zero-order valence-electron chi connectivity index (χ0n) is 12.8. The minimum Gasteiger partial charge on any atom is -0.482 e. The molecule has 1 saturated carbocycles. The minimum absolute atomic E-state index is 0.00111. The molecule has 1 aromatic rings. The van der Waals surface area contributed by atoms with Crippen LogP contribution in [0.25, 0.3) is 0 Å². The van der Waals surface area contributed by atoms with Crippen molar-refractivity contribution in [3.63, 3.8) is 0 Å². The molecule has 1 aliphatic rings. The molecule has 1 N–H and O–H groups in total. The number of pyridine rings is 1. The average Bonchev–Trinajstić information content (AvgIpc) is 2.49. The van der Waals surface area contributed by atoms with Gasteiger partial charge in [-0.3, -0.25) is 0 Å². The van der Waals surface area contributed by atoms with Gasteiger partial charge in [0.05, 0.1) is 0 Å². The molecule has 1 fully saturated rings. The van der Waals surface area contributed by atoms with Gasteiger partial charge in [-0.15, -0.1) is 0 Å². The Labute approximate surface area is 125 Å². The van der Waals surface area contributed by atoms with Crippen molar-refractivity contribution in [2.24, 2.45) is 5.41 Å². The standard InChI is InChI=1S/C15H23N3O3/c1-4-8-16-12-10-13(15(12,3)5-2)21-11-7-6-9-17-14(11)18(19)20/h6-7,9,12-13,16H,4-5,8,10H2,1-3H3. The molecule has 2 rings (SSSR count). The molecule has 3 unspecified atom stereocenters. The monoisotopic (exact) mass is 293 g/mol. The Morgan fingerprint density at radius 3 is 2.95 bits per heavy atom. The summed E-state index contributed by atoms with van der Waals surface area (Å²) >= 11 is 0. The third kappa shape index (κ3) is 3.00. The smallest absolute Gasteiger partial charge is 0.406 e. The molecule has 0 saturated heterocycles. The van der Waals surface area contributed by atoms with E-state index in [0.29, 0.717) is 6.04 Å². The van der Waals surface area contributed by atoms with Gasteiger partial charge < -0.3 is 20.2 Å². The zero-order valence-corrected chi connectivity index (χ0v) is 12.8. The summed E-state index contributed by atoms with van der Waals surface area (Å²) in [6.07, 6.45) is 4.33. The number of hydrogen-bond donors (Lipinski definition) is 1. The number of nitrogens with zero attached hydrogens (tertiary/aromatic N) is 2. The van der Waals surface area contributed by atoms with Gasteiger partial charge in [0.15, 0.2) is 0 Å². The van der Waals surface area contributed by atoms with Gasteiger partial charge in [-0.1, -0.05) is 20.8 Å². The zero-order chi connectivity index (χ0) is 15.5. The van der Waals surface area contributed by atoms with Crippen molar-refractivity contribution in [1.82, 2.24) is 10.3 Å². The van der Waals surface area contributed by atoms with Crippen LogP contribution in [0.4, 0.5) is 5.82 Å². The van der Waals surface area contributed by atoms with E-state index in [2.05, 4.69) is 31.1 Å². The molecular weight excluding hydrogens is 270 g/mol. The first kappa shape index (κ1) is 15.7. The first-order chi connectivity index (χ1) is 10.0. The predicted octanol–water partition coefficient (Wildman–Crippen LogP) is 2.93. The summed E-state index contributed by atoms with van der Waals surface area (Å²) in [6, 6.07) is 3.69. The number of nitro groups is 1. The van der Waals surface area contributed by atoms with E-state index < -0.39 is 4.92 Å². The Balaban J connectivity index is 2.09. The van der Waals surface area contributed by atoms with E-state index in [9.17, 15) is 10.1 Å². The van der Waals surface area contributed by atoms with Crippen LogP contribution in [0.3, 0.4) is 0 Å². The van der Waals surface area contributed by atoms with Crippen molar-refractivity contribution in [3.8, 4) is 5.75 Å². The molecule has 6 heteroatoms. The second-order valence-electron chi connectivity index (χ2n) is 5.79. The lowest BCUT2D eigenvalue weighted by Gasteiger charge is -2.53. The largest absolute Gasteiger partial charge is 0.482 e. The second-order valence-corrected chi connectivity index (χ2v) is 5.79. The van der Waals surface area contributed by atoms with E-state index in [1.54, 1.807) is 12.1 Å². The van der Waals surface area contributed by atoms with Gasteiger partial charge >= 0.3 is 5.82 Å². The van der Waals surface area contributed by atoms with Crippen molar-refractivity contribution in [1.29, 1.82) is 0 Å². The fraction of sp³-hybridized carbons (Fsp3) is 0.667. The van der Waals surface area contributed by atoms with Crippen LogP contribution in [0.2, 0.25) is 0 Å². The van der Waals surface area contributed by atoms with Crippen LogP contribution in [0.1, 0.15) is 40.0 Å². The Hall–Kier alpha value is -1.69. The Morgan fingerprint density at radius 1 is 1.57 bits per heavy atom. The van der Waals surface area contributed by atoms with Crippen LogP contribution in [-0.4, -0.2) is 28.6 Å². The Kier molecular flexibility index (Phi) is 4.77. The summed E-state index contributed by atoms with van der Waals surface area (Å²) in [6.45, 7) is 7.44. The number of aromatic nitrogens is 1. The molecule has 0 amide bonds. The highest BCUT2D eigenvalue weighted by Gasteiger charge is 2.52. The van der Waals surface area contributed by atoms with Crippen molar-refractivity contribution in [2.45, 2.75) is 52.2 Å². The van der Waals surface area contributed by atoms with Crippen molar-refractivity contribution in [3.05, 3.63) is 28.4 Å². The number of ether oxygens (including phenoxy) is 1. The van der Waals surface area contributed by atoms with Crippen LogP contribution in [0, 0.1) is 15.5 Å². The third-order valence-electron chi connectivity index (χ3n) is 4.58. The highest BCUT2D eigenvalue weighted by Crippen LogP contribution is 2.46. The Morgan fingerprint density at radius 2 is 2.33 bits per heavy atom. The van der Waals surface area contributed by atoms with Gasteiger partial charge in [0.1, 0.15) is 12.3 Å². The summed E-state index contributed by atoms with van der Waals surface area (Å²) in [7, 11) is 0. The van der Waals surface area contributed by atoms with E-state index in [1.165, 1.54) is 6.20 Å². The van der Waals surface area contributed by atoms with Gasteiger partial charge in [0, 0.05) is 17.9 Å². The molecule has 1 aromatic heterocycles. The summed E-state index contributed by atoms with van der Waals surface area (Å²) in [4.78, 5) is 14.3. The summed E-state index contributed by atoms with van der Waals surface area (Å²) in [5.74, 6) is 0.0574. The maximum atomic E-state index is 11.0. The molecule has 0 aromatic carbocycles. The molecule has 0 spiro atoms. The van der Waals surface area contributed by atoms with Gasteiger partial charge in [-0.05, 0) is 41.4 Å². The molecule has 6 nitrogen and oxygen atoms in total. The van der Waals surface area contributed by atoms with Gasteiger partial charge in [-0.25, -0.2) is 0 Å². The molecule has 0 radical (unpaired) electrons. The van der Waals surface area contributed by atoms with E-state index in [4.69, 9.17) is 4.74 Å². The highest BCUT2D eigenvalue weighted by atomic mass is 16.6. The lowest BCUT2D eigenvalue weighted by molar-refractivity contribution is -0.391. The number of hydrogen-bond acceptors (Lipinski definition) is 5. The third-order valence-corrected chi connectivity index (χ3v) is 4.58. The fourth-order valence-electron chi connectivity index (χ4n) is 2.87. The van der Waals surface area contributed by atoms with Gasteiger partial charge in [-0.2, -0.15) is 0 Å². The van der Waals surface area contributed by atoms with Crippen LogP contribution in [0.5, 0.6) is 5.75 Å². The van der Waals surface area contributed by atoms with E-state index in [0.717, 1.165) is 25.8 Å². The first-order valence-corrected chi connectivity index (χ1v) is 7.52. The summed E-state index contributed by atoms with van der Waals surface area (Å²) in [5.41, 5.74) is -0.00111. The minimum atomic E-state index is -0.496. The lowest BCUT2D eigenvalue weighted by atomic mass is 9.61. The molecule has 1 aliphatic carbocycles. The maximum Gasteiger partial charge on any atom is 0.406 e. The lowest BCUT2D eigenvalue weighted by Crippen LogP contribution is -2.63. The average molecular weight is 293 g/mol. The van der Waals surface area contributed by atoms with E-state index in [-0.39, 0.29) is 23.1 Å². The van der Waals surface area contributed by atoms with Crippen molar-refractivity contribution >= 4 is 5.82 Å². The van der Waals surface area contributed by atoms with Crippen LogP contribution >= 0.6 is 0 Å². The molecule has 3 atom stereocenters. The number of rotatable bonds is 7. The summed E-state index contributed by atoms with van der Waals surface area (Å²) < 4.78 is 5.92. The quantitative estimate of drug-likeness (QED) is 0.618. The number of nitrogens with one attached hydrogen (secondary N) is 1. The molecule has 21 heavy (non-hydrogen) atoms. The van der Waals surface area contributed by atoms with Crippen molar-refractivity contribution in [2.75, 3.05) is 6.54 Å². The SMILES string of the molecule is CCCNC1CC(Oc2cccnc2[N+](=O)[O-])C1(C)CC. The Bertz CT molecular complexity index is 509.